The molecule has 0 fully saturated rings. The number of rotatable bonds is 3. The molecule has 2 heteroatoms. The van der Waals surface area contributed by atoms with Crippen LogP contribution in [0.25, 0.3) is 0 Å². The minimum atomic E-state index is 0.397. The smallest absolute Gasteiger partial charge is 0.0641 e. The number of nitrogens with zero attached hydrogens (tertiary/aromatic N) is 1. The van der Waals surface area contributed by atoms with E-state index in [1.165, 1.54) is 0 Å². The highest BCUT2D eigenvalue weighted by atomic mass is 35.5. The van der Waals surface area contributed by atoms with E-state index in [9.17, 15) is 0 Å². The number of allylic oxidation sites excluding steroid dienone is 3. The lowest BCUT2D eigenvalue weighted by Crippen LogP contribution is -1.75. The summed E-state index contributed by atoms with van der Waals surface area (Å²) in [6.07, 6.45) is 5.40. The van der Waals surface area contributed by atoms with Crippen LogP contribution in [0.15, 0.2) is 29.4 Å². The Morgan fingerprint density at radius 1 is 1.78 bits per heavy atom. The van der Waals surface area contributed by atoms with Crippen LogP contribution >= 0.6 is 11.6 Å². The number of hydrogen-bond acceptors (Lipinski definition) is 1. The molecule has 0 aromatic heterocycles. The quantitative estimate of drug-likeness (QED) is 0.425. The van der Waals surface area contributed by atoms with Crippen molar-refractivity contribution in [2.75, 3.05) is 5.88 Å². The Bertz CT molecular complexity index is 136. The van der Waals surface area contributed by atoms with Crippen LogP contribution in [0.2, 0.25) is 0 Å². The highest BCUT2D eigenvalue weighted by molar-refractivity contribution is 6.19. The van der Waals surface area contributed by atoms with Crippen LogP contribution in [0, 0.1) is 0 Å². The molecular weight excluding hydrogens is 134 g/mol. The van der Waals surface area contributed by atoms with Gasteiger partial charge >= 0.3 is 0 Å². The maximum absolute atomic E-state index is 5.39. The number of aliphatic imine (C=N–C) groups is 1. The summed E-state index contributed by atoms with van der Waals surface area (Å²) in [5.74, 6) is 0.397. The Labute approximate surface area is 60.7 Å². The molecule has 0 rings (SSSR count). The molecule has 0 atom stereocenters. The van der Waals surface area contributed by atoms with E-state index in [0.717, 1.165) is 0 Å². The van der Waals surface area contributed by atoms with Gasteiger partial charge in [-0.15, -0.1) is 11.6 Å². The van der Waals surface area contributed by atoms with Crippen LogP contribution in [0.3, 0.4) is 0 Å². The van der Waals surface area contributed by atoms with Crippen LogP contribution in [0.1, 0.15) is 6.92 Å². The molecule has 0 saturated heterocycles. The van der Waals surface area contributed by atoms with Gasteiger partial charge in [-0.05, 0) is 13.0 Å². The summed E-state index contributed by atoms with van der Waals surface area (Å²) in [6.45, 7) is 5.51. The molecule has 0 aliphatic carbocycles. The number of alkyl halides is 1. The second kappa shape index (κ2) is 5.57. The summed E-state index contributed by atoms with van der Waals surface area (Å²) < 4.78 is 0. The maximum Gasteiger partial charge on any atom is 0.0641 e. The lowest BCUT2D eigenvalue weighted by molar-refractivity contribution is 1.35. The second-order valence-electron chi connectivity index (χ2n) is 1.50. The minimum absolute atomic E-state index is 0.397. The lowest BCUT2D eigenvalue weighted by Gasteiger charge is -1.85. The fourth-order valence-corrected chi connectivity index (χ4v) is 0.338. The van der Waals surface area contributed by atoms with Crippen molar-refractivity contribution in [3.05, 3.63) is 24.4 Å². The van der Waals surface area contributed by atoms with Crippen molar-refractivity contribution in [1.82, 2.24) is 0 Å². The van der Waals surface area contributed by atoms with Crippen molar-refractivity contribution in [2.45, 2.75) is 6.92 Å². The Hall–Kier alpha value is -0.560. The van der Waals surface area contributed by atoms with E-state index >= 15 is 0 Å². The van der Waals surface area contributed by atoms with Crippen molar-refractivity contribution in [3.63, 3.8) is 0 Å². The summed E-state index contributed by atoms with van der Waals surface area (Å²) in [6, 6.07) is 0. The molecule has 0 saturated carbocycles. The van der Waals surface area contributed by atoms with Crippen molar-refractivity contribution in [1.29, 1.82) is 0 Å². The van der Waals surface area contributed by atoms with Gasteiger partial charge in [-0.1, -0.05) is 12.7 Å². The fraction of sp³-hybridized carbons (Fsp3) is 0.286. The molecule has 0 unspecified atom stereocenters. The van der Waals surface area contributed by atoms with Crippen molar-refractivity contribution in [2.24, 2.45) is 4.99 Å². The minimum Gasteiger partial charge on any atom is -0.261 e. The van der Waals surface area contributed by atoms with Gasteiger partial charge < -0.3 is 0 Å². The second-order valence-corrected chi connectivity index (χ2v) is 1.77. The molecule has 1 nitrogen and oxygen atoms in total. The molecule has 0 heterocycles. The van der Waals surface area contributed by atoms with E-state index in [2.05, 4.69) is 11.6 Å². The zero-order valence-electron chi connectivity index (χ0n) is 5.47. The largest absolute Gasteiger partial charge is 0.261 e. The van der Waals surface area contributed by atoms with E-state index in [0.29, 0.717) is 11.6 Å². The van der Waals surface area contributed by atoms with Crippen LogP contribution in [0.5, 0.6) is 0 Å². The molecule has 0 spiro atoms. The topological polar surface area (TPSA) is 12.4 Å². The van der Waals surface area contributed by atoms with Crippen molar-refractivity contribution < 1.29 is 0 Å². The third-order valence-electron chi connectivity index (χ3n) is 0.690. The van der Waals surface area contributed by atoms with E-state index in [1.807, 2.05) is 19.1 Å². The third-order valence-corrected chi connectivity index (χ3v) is 0.998. The molecule has 0 aromatic rings. The van der Waals surface area contributed by atoms with Gasteiger partial charge in [0.05, 0.1) is 5.88 Å². The number of halogens is 1. The first kappa shape index (κ1) is 8.44. The molecule has 9 heavy (non-hydrogen) atoms. The summed E-state index contributed by atoms with van der Waals surface area (Å²) in [7, 11) is 0. The molecule has 0 N–H and O–H groups in total. The van der Waals surface area contributed by atoms with Gasteiger partial charge in [0, 0.05) is 11.9 Å². The summed E-state index contributed by atoms with van der Waals surface area (Å²) >= 11 is 5.39. The van der Waals surface area contributed by atoms with Crippen LogP contribution < -0.4 is 0 Å². The molecular formula is C7H10ClN. The van der Waals surface area contributed by atoms with Crippen molar-refractivity contribution >= 4 is 17.8 Å². The Morgan fingerprint density at radius 3 is 2.89 bits per heavy atom. The fourth-order valence-electron chi connectivity index (χ4n) is 0.269. The Morgan fingerprint density at radius 2 is 2.44 bits per heavy atom. The summed E-state index contributed by atoms with van der Waals surface area (Å²) in [5.41, 5.74) is 0.690. The van der Waals surface area contributed by atoms with E-state index in [-0.39, 0.29) is 0 Å². The Balaban J connectivity index is 3.57. The van der Waals surface area contributed by atoms with Gasteiger partial charge in [-0.25, -0.2) is 0 Å². The zero-order valence-corrected chi connectivity index (χ0v) is 6.23. The monoisotopic (exact) mass is 143 g/mol. The predicted octanol–water partition coefficient (Wildman–Crippen LogP) is 2.39. The first-order valence-corrected chi connectivity index (χ1v) is 3.23. The van der Waals surface area contributed by atoms with Crippen LogP contribution in [0.4, 0.5) is 0 Å². The first-order chi connectivity index (χ1) is 4.31. The van der Waals surface area contributed by atoms with E-state index in [4.69, 9.17) is 11.6 Å². The SMILES string of the molecule is C=C(CCl)N=C/C=C\C. The van der Waals surface area contributed by atoms with Crippen LogP contribution in [-0.2, 0) is 0 Å². The van der Waals surface area contributed by atoms with Gasteiger partial charge in [0.15, 0.2) is 0 Å². The zero-order chi connectivity index (χ0) is 7.11. The lowest BCUT2D eigenvalue weighted by atomic mass is 10.5. The summed E-state index contributed by atoms with van der Waals surface area (Å²) in [5, 5.41) is 0. The van der Waals surface area contributed by atoms with Gasteiger partial charge in [-0.2, -0.15) is 0 Å². The highest BCUT2D eigenvalue weighted by Gasteiger charge is 1.79. The standard InChI is InChI=1S/C7H10ClN/c1-3-4-5-9-7(2)6-8/h3-5H,2,6H2,1H3/b4-3-,9-5?. The van der Waals surface area contributed by atoms with E-state index in [1.54, 1.807) is 6.21 Å². The molecule has 0 amide bonds. The average molecular weight is 144 g/mol. The Kier molecular flexibility index (Phi) is 5.23. The molecule has 0 bridgehead atoms. The maximum atomic E-state index is 5.39. The van der Waals surface area contributed by atoms with Gasteiger partial charge in [0.25, 0.3) is 0 Å². The summed E-state index contributed by atoms with van der Waals surface area (Å²) in [4.78, 5) is 3.89. The number of hydrogen-bond donors (Lipinski definition) is 0. The predicted molar refractivity (Wildman–Crippen MR) is 43.2 cm³/mol. The first-order valence-electron chi connectivity index (χ1n) is 2.70. The molecule has 0 aliphatic heterocycles. The normalized spacial score (nSPS) is 11.3. The molecule has 0 aromatic carbocycles. The van der Waals surface area contributed by atoms with Gasteiger partial charge in [0.2, 0.25) is 0 Å². The van der Waals surface area contributed by atoms with Gasteiger partial charge in [-0.3, -0.25) is 4.99 Å². The highest BCUT2D eigenvalue weighted by Crippen LogP contribution is 1.92. The third kappa shape index (κ3) is 5.31. The van der Waals surface area contributed by atoms with Gasteiger partial charge in [0.1, 0.15) is 0 Å². The average Bonchev–Trinajstić information content (AvgIpc) is 1.89. The molecule has 50 valence electrons. The van der Waals surface area contributed by atoms with E-state index < -0.39 is 0 Å². The van der Waals surface area contributed by atoms with Crippen LogP contribution in [-0.4, -0.2) is 12.1 Å². The molecule has 0 aliphatic rings. The molecule has 0 radical (unpaired) electrons. The van der Waals surface area contributed by atoms with Crippen molar-refractivity contribution in [3.8, 4) is 0 Å².